The molecular formula is C22H26FN3O2. The number of hydrogen-bond acceptors (Lipinski definition) is 3. The number of carbonyl (C=O) groups is 2. The Morgan fingerprint density at radius 1 is 1.25 bits per heavy atom. The summed E-state index contributed by atoms with van der Waals surface area (Å²) in [6.07, 6.45) is 1.94. The number of nitrogens with zero attached hydrogens (tertiary/aromatic N) is 3. The predicted molar refractivity (Wildman–Crippen MR) is 105 cm³/mol. The van der Waals surface area contributed by atoms with Crippen LogP contribution in [0.25, 0.3) is 0 Å². The number of rotatable bonds is 4. The molecule has 1 atom stereocenters. The van der Waals surface area contributed by atoms with Gasteiger partial charge in [-0.2, -0.15) is 0 Å². The minimum atomic E-state index is -0.296. The number of carbonyl (C=O) groups excluding carboxylic acids is 2. The van der Waals surface area contributed by atoms with Gasteiger partial charge in [-0.05, 0) is 42.7 Å². The van der Waals surface area contributed by atoms with Gasteiger partial charge in [0.25, 0.3) is 5.91 Å². The van der Waals surface area contributed by atoms with E-state index in [0.29, 0.717) is 30.9 Å². The van der Waals surface area contributed by atoms with Gasteiger partial charge in [-0.25, -0.2) is 4.39 Å². The van der Waals surface area contributed by atoms with Crippen LogP contribution in [0.3, 0.4) is 0 Å². The van der Waals surface area contributed by atoms with E-state index >= 15 is 0 Å². The molecule has 5 nitrogen and oxygen atoms in total. The van der Waals surface area contributed by atoms with Crippen LogP contribution in [-0.2, 0) is 11.3 Å². The minimum Gasteiger partial charge on any atom is -0.336 e. The van der Waals surface area contributed by atoms with Crippen LogP contribution in [0.2, 0.25) is 0 Å². The quantitative estimate of drug-likeness (QED) is 0.813. The first-order chi connectivity index (χ1) is 13.4. The fraction of sp³-hybridized carbons (Fsp3) is 0.409. The second-order valence-electron chi connectivity index (χ2n) is 7.60. The first kappa shape index (κ1) is 20.0. The second-order valence-corrected chi connectivity index (χ2v) is 7.60. The van der Waals surface area contributed by atoms with Crippen molar-refractivity contribution in [1.29, 1.82) is 0 Å². The molecule has 0 N–H and O–H groups in total. The molecule has 2 aromatic rings. The minimum absolute atomic E-state index is 0.0150. The van der Waals surface area contributed by atoms with Gasteiger partial charge in [-0.3, -0.25) is 14.6 Å². The Morgan fingerprint density at radius 2 is 1.96 bits per heavy atom. The lowest BCUT2D eigenvalue weighted by Gasteiger charge is -2.35. The lowest BCUT2D eigenvalue weighted by atomic mass is 10.0. The van der Waals surface area contributed by atoms with E-state index in [1.807, 2.05) is 11.8 Å². The summed E-state index contributed by atoms with van der Waals surface area (Å²) in [6.45, 7) is 7.19. The highest BCUT2D eigenvalue weighted by molar-refractivity contribution is 5.95. The number of benzene rings is 1. The van der Waals surface area contributed by atoms with Gasteiger partial charge in [0.2, 0.25) is 5.91 Å². The van der Waals surface area contributed by atoms with E-state index in [4.69, 9.17) is 0 Å². The molecule has 148 valence electrons. The number of aryl methyl sites for hydroxylation is 1. The highest BCUT2D eigenvalue weighted by Gasteiger charge is 2.34. The van der Waals surface area contributed by atoms with Crippen LogP contribution in [0.15, 0.2) is 42.6 Å². The van der Waals surface area contributed by atoms with Crippen molar-refractivity contribution >= 4 is 11.8 Å². The molecule has 6 heteroatoms. The van der Waals surface area contributed by atoms with Gasteiger partial charge in [0, 0.05) is 37.9 Å². The van der Waals surface area contributed by atoms with Crippen molar-refractivity contribution in [1.82, 2.24) is 14.8 Å². The normalized spacial score (nSPS) is 17.8. The molecule has 1 aliphatic rings. The lowest BCUT2D eigenvalue weighted by molar-refractivity contribution is -0.134. The summed E-state index contributed by atoms with van der Waals surface area (Å²) in [4.78, 5) is 33.7. The van der Waals surface area contributed by atoms with Gasteiger partial charge in [0.15, 0.2) is 0 Å². The molecule has 0 radical (unpaired) electrons. The van der Waals surface area contributed by atoms with E-state index in [0.717, 1.165) is 5.56 Å². The van der Waals surface area contributed by atoms with E-state index in [1.165, 1.54) is 12.1 Å². The molecular weight excluding hydrogens is 357 g/mol. The van der Waals surface area contributed by atoms with E-state index in [1.54, 1.807) is 35.4 Å². The van der Waals surface area contributed by atoms with Crippen molar-refractivity contribution in [2.24, 2.45) is 5.92 Å². The molecule has 1 fully saturated rings. The van der Waals surface area contributed by atoms with Crippen molar-refractivity contribution in [3.8, 4) is 0 Å². The molecule has 3 rings (SSSR count). The molecule has 0 unspecified atom stereocenters. The third-order valence-electron chi connectivity index (χ3n) is 5.28. The molecule has 0 spiro atoms. The molecule has 0 aliphatic carbocycles. The van der Waals surface area contributed by atoms with Crippen LogP contribution in [0, 0.1) is 18.7 Å². The van der Waals surface area contributed by atoms with Crippen molar-refractivity contribution in [3.05, 3.63) is 65.2 Å². The summed E-state index contributed by atoms with van der Waals surface area (Å²) in [6, 6.07) is 9.63. The van der Waals surface area contributed by atoms with E-state index in [-0.39, 0.29) is 36.0 Å². The first-order valence-corrected chi connectivity index (χ1v) is 9.61. The van der Waals surface area contributed by atoms with E-state index in [9.17, 15) is 14.0 Å². The first-order valence-electron chi connectivity index (χ1n) is 9.61. The van der Waals surface area contributed by atoms with Gasteiger partial charge in [0.1, 0.15) is 5.82 Å². The number of amides is 2. The van der Waals surface area contributed by atoms with Crippen molar-refractivity contribution in [2.75, 3.05) is 13.1 Å². The van der Waals surface area contributed by atoms with Crippen molar-refractivity contribution in [3.63, 3.8) is 0 Å². The number of aromatic nitrogens is 1. The summed E-state index contributed by atoms with van der Waals surface area (Å²) < 4.78 is 13.2. The van der Waals surface area contributed by atoms with E-state index in [2.05, 4.69) is 18.8 Å². The van der Waals surface area contributed by atoms with Gasteiger partial charge < -0.3 is 9.80 Å². The Kier molecular flexibility index (Phi) is 6.07. The Labute approximate surface area is 165 Å². The van der Waals surface area contributed by atoms with E-state index < -0.39 is 0 Å². The zero-order valence-corrected chi connectivity index (χ0v) is 16.6. The molecule has 1 saturated heterocycles. The molecule has 1 aliphatic heterocycles. The van der Waals surface area contributed by atoms with Crippen LogP contribution < -0.4 is 0 Å². The van der Waals surface area contributed by atoms with Crippen molar-refractivity contribution < 1.29 is 14.0 Å². The van der Waals surface area contributed by atoms with Crippen LogP contribution in [0.5, 0.6) is 0 Å². The maximum Gasteiger partial charge on any atom is 0.255 e. The highest BCUT2D eigenvalue weighted by Crippen LogP contribution is 2.22. The SMILES string of the molecule is Cc1ncccc1C(=O)N1CCC(=O)N(Cc2ccc(F)cc2)[C@@H](C(C)C)C1. The molecule has 0 bridgehead atoms. The van der Waals surface area contributed by atoms with Crippen LogP contribution in [0.1, 0.15) is 41.9 Å². The number of halogens is 1. The standard InChI is InChI=1S/C22H26FN3O2/c1-15(2)20-14-25(22(28)19-5-4-11-24-16(19)3)12-10-21(27)26(20)13-17-6-8-18(23)9-7-17/h4-9,11,15,20H,10,12-14H2,1-3H3/t20-/m1/s1. The molecule has 28 heavy (non-hydrogen) atoms. The Bertz CT molecular complexity index is 851. The maximum absolute atomic E-state index is 13.2. The molecule has 1 aromatic carbocycles. The Morgan fingerprint density at radius 3 is 2.61 bits per heavy atom. The zero-order valence-electron chi connectivity index (χ0n) is 16.6. The fourth-order valence-electron chi connectivity index (χ4n) is 3.60. The number of pyridine rings is 1. The molecule has 2 heterocycles. The molecule has 1 aromatic heterocycles. The average Bonchev–Trinajstić information content (AvgIpc) is 2.83. The Balaban J connectivity index is 1.84. The second kappa shape index (κ2) is 8.50. The summed E-state index contributed by atoms with van der Waals surface area (Å²) >= 11 is 0. The van der Waals surface area contributed by atoms with Crippen LogP contribution in [0.4, 0.5) is 4.39 Å². The smallest absolute Gasteiger partial charge is 0.255 e. The lowest BCUT2D eigenvalue weighted by Crippen LogP contribution is -2.47. The van der Waals surface area contributed by atoms with Crippen LogP contribution >= 0.6 is 0 Å². The average molecular weight is 383 g/mol. The van der Waals surface area contributed by atoms with Crippen molar-refractivity contribution in [2.45, 2.75) is 39.8 Å². The highest BCUT2D eigenvalue weighted by atomic mass is 19.1. The van der Waals surface area contributed by atoms with Gasteiger partial charge >= 0.3 is 0 Å². The third-order valence-corrected chi connectivity index (χ3v) is 5.28. The fourth-order valence-corrected chi connectivity index (χ4v) is 3.60. The van der Waals surface area contributed by atoms with Gasteiger partial charge in [0.05, 0.1) is 11.6 Å². The summed E-state index contributed by atoms with van der Waals surface area (Å²) in [7, 11) is 0. The van der Waals surface area contributed by atoms with Gasteiger partial charge in [-0.1, -0.05) is 26.0 Å². The topological polar surface area (TPSA) is 53.5 Å². The summed E-state index contributed by atoms with van der Waals surface area (Å²) in [5.41, 5.74) is 2.14. The van der Waals surface area contributed by atoms with Gasteiger partial charge in [-0.15, -0.1) is 0 Å². The van der Waals surface area contributed by atoms with Crippen LogP contribution in [-0.4, -0.2) is 45.7 Å². The monoisotopic (exact) mass is 383 g/mol. The predicted octanol–water partition coefficient (Wildman–Crippen LogP) is 3.43. The zero-order chi connectivity index (χ0) is 20.3. The largest absolute Gasteiger partial charge is 0.336 e. The molecule has 2 amide bonds. The third kappa shape index (κ3) is 4.38. The Hall–Kier alpha value is -2.76. The molecule has 0 saturated carbocycles. The summed E-state index contributed by atoms with van der Waals surface area (Å²) in [5.74, 6) is -0.198. The maximum atomic E-state index is 13.2. The number of hydrogen-bond donors (Lipinski definition) is 0. The summed E-state index contributed by atoms with van der Waals surface area (Å²) in [5, 5.41) is 0.